The highest BCUT2D eigenvalue weighted by Gasteiger charge is 2.10. The average Bonchev–Trinajstić information content (AvgIpc) is 2.95. The van der Waals surface area contributed by atoms with E-state index in [1.165, 1.54) is 0 Å². The van der Waals surface area contributed by atoms with Gasteiger partial charge in [-0.2, -0.15) is 0 Å². The summed E-state index contributed by atoms with van der Waals surface area (Å²) < 4.78 is 6.60. The third kappa shape index (κ3) is 2.91. The predicted octanol–water partition coefficient (Wildman–Crippen LogP) is 4.94. The molecule has 0 bridgehead atoms. The van der Waals surface area contributed by atoms with Gasteiger partial charge in [0.2, 0.25) is 0 Å². The largest absolute Gasteiger partial charge is 0.422 e. The summed E-state index contributed by atoms with van der Waals surface area (Å²) >= 11 is 1.68. The highest BCUT2D eigenvalue weighted by Crippen LogP contribution is 2.26. The maximum absolute atomic E-state index is 12.0. The first-order valence-electron chi connectivity index (χ1n) is 8.15. The minimum Gasteiger partial charge on any atom is -0.422 e. The molecular weight excluding hydrogens is 332 g/mol. The number of benzene rings is 2. The van der Waals surface area contributed by atoms with E-state index in [0.717, 1.165) is 43.0 Å². The lowest BCUT2D eigenvalue weighted by Gasteiger charge is -2.11. The molecular formula is C20H18N2O2S. The lowest BCUT2D eigenvalue weighted by molar-refractivity contribution is 0.556. The van der Waals surface area contributed by atoms with Crippen LogP contribution in [0, 0.1) is 20.8 Å². The Morgan fingerprint density at radius 1 is 1.12 bits per heavy atom. The second-order valence-corrected chi connectivity index (χ2v) is 7.48. The number of nitrogens with zero attached hydrogens (tertiary/aromatic N) is 1. The highest BCUT2D eigenvalue weighted by molar-refractivity contribution is 7.18. The van der Waals surface area contributed by atoms with Crippen LogP contribution < -0.4 is 10.9 Å². The van der Waals surface area contributed by atoms with Gasteiger partial charge in [-0.15, -0.1) is 11.3 Å². The van der Waals surface area contributed by atoms with Gasteiger partial charge in [-0.05, 0) is 55.7 Å². The lowest BCUT2D eigenvalue weighted by Crippen LogP contribution is -2.06. The van der Waals surface area contributed by atoms with Crippen LogP contribution in [0.4, 0.5) is 5.69 Å². The second kappa shape index (κ2) is 6.01. The zero-order chi connectivity index (χ0) is 17.6. The fourth-order valence-corrected chi connectivity index (χ4v) is 3.88. The number of fused-ring (bicyclic) bond motifs is 2. The third-order valence-corrected chi connectivity index (χ3v) is 5.43. The fourth-order valence-electron chi connectivity index (χ4n) is 3.02. The van der Waals surface area contributed by atoms with Gasteiger partial charge in [0, 0.05) is 23.7 Å². The zero-order valence-corrected chi connectivity index (χ0v) is 15.2. The van der Waals surface area contributed by atoms with Gasteiger partial charge in [-0.3, -0.25) is 0 Å². The van der Waals surface area contributed by atoms with Gasteiger partial charge in [-0.25, -0.2) is 9.78 Å². The summed E-state index contributed by atoms with van der Waals surface area (Å²) in [5.74, 6) is 0. The zero-order valence-electron chi connectivity index (χ0n) is 14.3. The van der Waals surface area contributed by atoms with Gasteiger partial charge in [-0.1, -0.05) is 12.1 Å². The van der Waals surface area contributed by atoms with Crippen molar-refractivity contribution < 1.29 is 4.42 Å². The molecule has 1 N–H and O–H groups in total. The van der Waals surface area contributed by atoms with E-state index < -0.39 is 0 Å². The van der Waals surface area contributed by atoms with E-state index in [2.05, 4.69) is 22.4 Å². The SMILES string of the molecule is Cc1nc2ccc(NCc3cc(=O)oc4c(C)c(C)ccc34)cc2s1. The quantitative estimate of drug-likeness (QED) is 0.532. The Kier molecular flexibility index (Phi) is 3.81. The lowest BCUT2D eigenvalue weighted by atomic mass is 10.0. The summed E-state index contributed by atoms with van der Waals surface area (Å²) in [6.45, 7) is 6.58. The van der Waals surface area contributed by atoms with Crippen LogP contribution in [0.5, 0.6) is 0 Å². The van der Waals surface area contributed by atoms with E-state index in [1.807, 2.05) is 39.0 Å². The first-order chi connectivity index (χ1) is 12.0. The van der Waals surface area contributed by atoms with Crippen LogP contribution in [0.3, 0.4) is 0 Å². The molecule has 25 heavy (non-hydrogen) atoms. The Balaban J connectivity index is 1.70. The van der Waals surface area contributed by atoms with Crippen molar-refractivity contribution in [1.82, 2.24) is 4.98 Å². The predicted molar refractivity (Wildman–Crippen MR) is 104 cm³/mol. The molecule has 0 atom stereocenters. The molecule has 4 rings (SSSR count). The fraction of sp³-hybridized carbons (Fsp3) is 0.200. The molecule has 0 amide bonds. The molecule has 2 heterocycles. The van der Waals surface area contributed by atoms with Crippen LogP contribution in [-0.2, 0) is 6.54 Å². The Labute approximate surface area is 149 Å². The minimum atomic E-state index is -0.313. The van der Waals surface area contributed by atoms with Crippen LogP contribution in [0.1, 0.15) is 21.7 Å². The van der Waals surface area contributed by atoms with Crippen molar-refractivity contribution in [1.29, 1.82) is 0 Å². The van der Waals surface area contributed by atoms with Crippen molar-refractivity contribution in [3.05, 3.63) is 68.5 Å². The van der Waals surface area contributed by atoms with Crippen molar-refractivity contribution in [3.8, 4) is 0 Å². The third-order valence-electron chi connectivity index (χ3n) is 4.50. The summed E-state index contributed by atoms with van der Waals surface area (Å²) in [6, 6.07) is 11.8. The molecule has 0 saturated carbocycles. The molecule has 0 aliphatic carbocycles. The van der Waals surface area contributed by atoms with Gasteiger partial charge in [0.15, 0.2) is 0 Å². The van der Waals surface area contributed by atoms with Gasteiger partial charge in [0.25, 0.3) is 0 Å². The Bertz CT molecular complexity index is 1160. The van der Waals surface area contributed by atoms with Gasteiger partial charge < -0.3 is 9.73 Å². The van der Waals surface area contributed by atoms with Crippen molar-refractivity contribution in [2.75, 3.05) is 5.32 Å². The van der Waals surface area contributed by atoms with E-state index in [-0.39, 0.29) is 5.63 Å². The van der Waals surface area contributed by atoms with Gasteiger partial charge in [0.05, 0.1) is 15.2 Å². The average molecular weight is 350 g/mol. The molecule has 5 heteroatoms. The first kappa shape index (κ1) is 15.8. The van der Waals surface area contributed by atoms with E-state index in [0.29, 0.717) is 12.1 Å². The Hall–Kier alpha value is -2.66. The first-order valence-corrected chi connectivity index (χ1v) is 8.97. The number of hydrogen-bond donors (Lipinski definition) is 1. The van der Waals surface area contributed by atoms with E-state index in [4.69, 9.17) is 4.42 Å². The van der Waals surface area contributed by atoms with Crippen LogP contribution >= 0.6 is 11.3 Å². The molecule has 0 unspecified atom stereocenters. The Morgan fingerprint density at radius 3 is 2.80 bits per heavy atom. The number of nitrogens with one attached hydrogen (secondary N) is 1. The van der Waals surface area contributed by atoms with Crippen LogP contribution in [0.15, 0.2) is 45.6 Å². The standard InChI is InChI=1S/C20H18N2O2S/c1-11-4-6-16-14(8-19(23)24-20(16)12(11)2)10-21-15-5-7-17-18(9-15)25-13(3)22-17/h4-9,21H,10H2,1-3H3. The molecule has 126 valence electrons. The molecule has 0 spiro atoms. The summed E-state index contributed by atoms with van der Waals surface area (Å²) in [7, 11) is 0. The number of aryl methyl sites for hydroxylation is 3. The number of thiazole rings is 1. The maximum Gasteiger partial charge on any atom is 0.336 e. The normalized spacial score (nSPS) is 11.3. The molecule has 0 aliphatic heterocycles. The molecule has 2 aromatic heterocycles. The van der Waals surface area contributed by atoms with E-state index >= 15 is 0 Å². The van der Waals surface area contributed by atoms with Crippen molar-refractivity contribution in [2.24, 2.45) is 0 Å². The highest BCUT2D eigenvalue weighted by atomic mass is 32.1. The van der Waals surface area contributed by atoms with Crippen molar-refractivity contribution in [2.45, 2.75) is 27.3 Å². The van der Waals surface area contributed by atoms with E-state index in [1.54, 1.807) is 17.4 Å². The van der Waals surface area contributed by atoms with Crippen LogP contribution in [0.2, 0.25) is 0 Å². The summed E-state index contributed by atoms with van der Waals surface area (Å²) in [5, 5.41) is 5.45. The molecule has 4 aromatic rings. The summed E-state index contributed by atoms with van der Waals surface area (Å²) in [4.78, 5) is 16.4. The van der Waals surface area contributed by atoms with Crippen LogP contribution in [-0.4, -0.2) is 4.98 Å². The van der Waals surface area contributed by atoms with Gasteiger partial charge in [0.1, 0.15) is 5.58 Å². The molecule has 0 fully saturated rings. The second-order valence-electron chi connectivity index (χ2n) is 6.24. The van der Waals surface area contributed by atoms with Crippen LogP contribution in [0.25, 0.3) is 21.2 Å². The molecule has 2 aromatic carbocycles. The number of anilines is 1. The molecule has 0 radical (unpaired) electrons. The summed E-state index contributed by atoms with van der Waals surface area (Å²) in [5.41, 5.74) is 5.47. The Morgan fingerprint density at radius 2 is 1.96 bits per heavy atom. The molecule has 4 nitrogen and oxygen atoms in total. The molecule has 0 aliphatic rings. The number of aromatic nitrogens is 1. The summed E-state index contributed by atoms with van der Waals surface area (Å²) in [6.07, 6.45) is 0. The maximum atomic E-state index is 12.0. The van der Waals surface area contributed by atoms with E-state index in [9.17, 15) is 4.79 Å². The smallest absolute Gasteiger partial charge is 0.336 e. The topological polar surface area (TPSA) is 55.1 Å². The number of rotatable bonds is 3. The minimum absolute atomic E-state index is 0.313. The van der Waals surface area contributed by atoms with Crippen molar-refractivity contribution in [3.63, 3.8) is 0 Å². The van der Waals surface area contributed by atoms with Gasteiger partial charge >= 0.3 is 5.63 Å². The monoisotopic (exact) mass is 350 g/mol. The molecule has 0 saturated heterocycles. The van der Waals surface area contributed by atoms with Crippen molar-refractivity contribution >= 4 is 38.2 Å². The number of hydrogen-bond acceptors (Lipinski definition) is 5.